The second kappa shape index (κ2) is 6.53. The van der Waals surface area contributed by atoms with E-state index in [1.807, 2.05) is 0 Å². The normalized spacial score (nSPS) is 18.5. The van der Waals surface area contributed by atoms with E-state index in [2.05, 4.69) is 45.1 Å². The maximum Gasteiger partial charge on any atom is 0.0233 e. The van der Waals surface area contributed by atoms with Crippen molar-refractivity contribution in [3.05, 3.63) is 34.3 Å². The van der Waals surface area contributed by atoms with Crippen molar-refractivity contribution in [3.63, 3.8) is 0 Å². The zero-order valence-corrected chi connectivity index (χ0v) is 11.8. The van der Waals surface area contributed by atoms with Crippen molar-refractivity contribution in [2.75, 3.05) is 19.6 Å². The van der Waals surface area contributed by atoms with Crippen molar-refractivity contribution in [3.8, 4) is 0 Å². The molecule has 0 amide bonds. The smallest absolute Gasteiger partial charge is 0.0233 e. The van der Waals surface area contributed by atoms with Gasteiger partial charge in [0.2, 0.25) is 0 Å². The van der Waals surface area contributed by atoms with Crippen molar-refractivity contribution >= 4 is 15.9 Å². The summed E-state index contributed by atoms with van der Waals surface area (Å²) in [5, 5.41) is 0. The standard InChI is InChI=1S/C14H21BrN2/c15-14-3-1-13(2-4-14)11-17-9-6-12(5-8-16)7-10-17/h1-4,12H,5-11,16H2. The van der Waals surface area contributed by atoms with E-state index in [9.17, 15) is 0 Å². The second-order valence-electron chi connectivity index (χ2n) is 4.92. The maximum absolute atomic E-state index is 5.61. The van der Waals surface area contributed by atoms with Crippen molar-refractivity contribution in [2.45, 2.75) is 25.8 Å². The Labute approximate surface area is 112 Å². The first-order valence-electron chi connectivity index (χ1n) is 6.45. The van der Waals surface area contributed by atoms with Gasteiger partial charge in [0.05, 0.1) is 0 Å². The molecule has 0 saturated carbocycles. The van der Waals surface area contributed by atoms with Crippen molar-refractivity contribution in [1.29, 1.82) is 0 Å². The van der Waals surface area contributed by atoms with Crippen LogP contribution >= 0.6 is 15.9 Å². The van der Waals surface area contributed by atoms with Gasteiger partial charge >= 0.3 is 0 Å². The third kappa shape index (κ3) is 4.09. The van der Waals surface area contributed by atoms with Crippen LogP contribution in [0.25, 0.3) is 0 Å². The third-order valence-electron chi connectivity index (χ3n) is 3.60. The number of hydrogen-bond donors (Lipinski definition) is 1. The van der Waals surface area contributed by atoms with Gasteiger partial charge in [0.15, 0.2) is 0 Å². The number of nitrogens with two attached hydrogens (primary N) is 1. The summed E-state index contributed by atoms with van der Waals surface area (Å²) in [4.78, 5) is 2.55. The van der Waals surface area contributed by atoms with Gasteiger partial charge in [0, 0.05) is 11.0 Å². The summed E-state index contributed by atoms with van der Waals surface area (Å²) in [6.07, 6.45) is 3.83. The van der Waals surface area contributed by atoms with Gasteiger partial charge < -0.3 is 5.73 Å². The fourth-order valence-corrected chi connectivity index (χ4v) is 2.78. The molecule has 0 radical (unpaired) electrons. The molecule has 2 rings (SSSR count). The lowest BCUT2D eigenvalue weighted by molar-refractivity contribution is 0.173. The van der Waals surface area contributed by atoms with Gasteiger partial charge in [0.1, 0.15) is 0 Å². The van der Waals surface area contributed by atoms with Gasteiger partial charge in [-0.1, -0.05) is 28.1 Å². The third-order valence-corrected chi connectivity index (χ3v) is 4.13. The Balaban J connectivity index is 1.79. The van der Waals surface area contributed by atoms with E-state index in [1.54, 1.807) is 0 Å². The van der Waals surface area contributed by atoms with Crippen LogP contribution < -0.4 is 5.73 Å². The molecule has 0 aromatic heterocycles. The van der Waals surface area contributed by atoms with Crippen LogP contribution in [0.2, 0.25) is 0 Å². The quantitative estimate of drug-likeness (QED) is 0.925. The first kappa shape index (κ1) is 13.1. The van der Waals surface area contributed by atoms with Gasteiger partial charge in [-0.25, -0.2) is 0 Å². The molecule has 94 valence electrons. The predicted molar refractivity (Wildman–Crippen MR) is 75.8 cm³/mol. The minimum absolute atomic E-state index is 0.845. The van der Waals surface area contributed by atoms with Crippen molar-refractivity contribution in [1.82, 2.24) is 4.90 Å². The van der Waals surface area contributed by atoms with Crippen LogP contribution in [0.5, 0.6) is 0 Å². The molecule has 1 saturated heterocycles. The molecule has 0 atom stereocenters. The van der Waals surface area contributed by atoms with Crippen LogP contribution in [0.1, 0.15) is 24.8 Å². The monoisotopic (exact) mass is 296 g/mol. The molecular weight excluding hydrogens is 276 g/mol. The summed E-state index contributed by atoms with van der Waals surface area (Å²) in [6.45, 7) is 4.38. The van der Waals surface area contributed by atoms with E-state index in [4.69, 9.17) is 5.73 Å². The van der Waals surface area contributed by atoms with E-state index in [1.165, 1.54) is 37.9 Å². The Morgan fingerprint density at radius 1 is 1.18 bits per heavy atom. The SMILES string of the molecule is NCCC1CCN(Cc2ccc(Br)cc2)CC1. The van der Waals surface area contributed by atoms with Gasteiger partial charge in [-0.3, -0.25) is 4.90 Å². The minimum Gasteiger partial charge on any atom is -0.330 e. The Kier molecular flexibility index (Phi) is 5.01. The highest BCUT2D eigenvalue weighted by Crippen LogP contribution is 2.21. The zero-order chi connectivity index (χ0) is 12.1. The van der Waals surface area contributed by atoms with Crippen LogP contribution in [0.3, 0.4) is 0 Å². The van der Waals surface area contributed by atoms with Gasteiger partial charge in [-0.05, 0) is 62.5 Å². The number of likely N-dealkylation sites (tertiary alicyclic amines) is 1. The highest BCUT2D eigenvalue weighted by atomic mass is 79.9. The van der Waals surface area contributed by atoms with E-state index in [0.717, 1.165) is 23.5 Å². The van der Waals surface area contributed by atoms with Gasteiger partial charge in [0.25, 0.3) is 0 Å². The topological polar surface area (TPSA) is 29.3 Å². The molecule has 0 unspecified atom stereocenters. The molecule has 1 fully saturated rings. The average molecular weight is 297 g/mol. The van der Waals surface area contributed by atoms with Crippen LogP contribution in [0.15, 0.2) is 28.7 Å². The zero-order valence-electron chi connectivity index (χ0n) is 10.2. The summed E-state index contributed by atoms with van der Waals surface area (Å²) in [5.74, 6) is 0.862. The number of benzene rings is 1. The number of halogens is 1. The molecule has 1 aliphatic heterocycles. The highest BCUT2D eigenvalue weighted by molar-refractivity contribution is 9.10. The first-order valence-corrected chi connectivity index (χ1v) is 7.24. The molecule has 1 aliphatic rings. The Hall–Kier alpha value is -0.380. The number of nitrogens with zero attached hydrogens (tertiary/aromatic N) is 1. The Bertz CT molecular complexity index is 329. The molecule has 3 heteroatoms. The fourth-order valence-electron chi connectivity index (χ4n) is 2.52. The highest BCUT2D eigenvalue weighted by Gasteiger charge is 2.18. The molecule has 2 N–H and O–H groups in total. The van der Waals surface area contributed by atoms with E-state index in [0.29, 0.717) is 0 Å². The molecule has 0 spiro atoms. The molecular formula is C14H21BrN2. The van der Waals surface area contributed by atoms with Crippen LogP contribution in [-0.4, -0.2) is 24.5 Å². The fraction of sp³-hybridized carbons (Fsp3) is 0.571. The molecule has 0 bridgehead atoms. The Morgan fingerprint density at radius 2 is 1.82 bits per heavy atom. The van der Waals surface area contributed by atoms with Crippen molar-refractivity contribution in [2.24, 2.45) is 11.7 Å². The average Bonchev–Trinajstić information content (AvgIpc) is 2.35. The van der Waals surface area contributed by atoms with E-state index in [-0.39, 0.29) is 0 Å². The summed E-state index contributed by atoms with van der Waals surface area (Å²) >= 11 is 3.47. The molecule has 2 nitrogen and oxygen atoms in total. The maximum atomic E-state index is 5.61. The molecule has 1 aromatic carbocycles. The van der Waals surface area contributed by atoms with E-state index < -0.39 is 0 Å². The lowest BCUT2D eigenvalue weighted by atomic mass is 9.93. The Morgan fingerprint density at radius 3 is 2.41 bits per heavy atom. The minimum atomic E-state index is 0.845. The lowest BCUT2D eigenvalue weighted by Gasteiger charge is -2.31. The van der Waals surface area contributed by atoms with Crippen LogP contribution in [-0.2, 0) is 6.54 Å². The predicted octanol–water partition coefficient (Wildman–Crippen LogP) is 3.01. The summed E-state index contributed by atoms with van der Waals surface area (Å²) < 4.78 is 1.16. The molecule has 0 aliphatic carbocycles. The van der Waals surface area contributed by atoms with Gasteiger partial charge in [-0.15, -0.1) is 0 Å². The second-order valence-corrected chi connectivity index (χ2v) is 5.84. The molecule has 1 aromatic rings. The van der Waals surface area contributed by atoms with Crippen LogP contribution in [0, 0.1) is 5.92 Å². The largest absolute Gasteiger partial charge is 0.330 e. The number of hydrogen-bond acceptors (Lipinski definition) is 2. The van der Waals surface area contributed by atoms with Gasteiger partial charge in [-0.2, -0.15) is 0 Å². The summed E-state index contributed by atoms with van der Waals surface area (Å²) in [5.41, 5.74) is 7.02. The van der Waals surface area contributed by atoms with Crippen molar-refractivity contribution < 1.29 is 0 Å². The molecule has 1 heterocycles. The summed E-state index contributed by atoms with van der Waals surface area (Å²) in [7, 11) is 0. The van der Waals surface area contributed by atoms with E-state index >= 15 is 0 Å². The first-order chi connectivity index (χ1) is 8.28. The summed E-state index contributed by atoms with van der Waals surface area (Å²) in [6, 6.07) is 8.65. The van der Waals surface area contributed by atoms with Crippen LogP contribution in [0.4, 0.5) is 0 Å². The molecule has 17 heavy (non-hydrogen) atoms. The lowest BCUT2D eigenvalue weighted by Crippen LogP contribution is -2.33. The number of rotatable bonds is 4. The number of piperidine rings is 1.